The first kappa shape index (κ1) is 13.7. The smallest absolute Gasteiger partial charge is 0.273 e. The maximum absolute atomic E-state index is 12.1. The number of carbonyl (C=O) groups excluding carboxylic acids is 2. The number of halogens is 3. The number of imide groups is 1. The molecule has 1 heterocycles. The van der Waals surface area contributed by atoms with Crippen molar-refractivity contribution in [2.24, 2.45) is 0 Å². The standard InChI is InChI=1S/C11H8F3NO3S/c12-11(13,14)19(18)6-5-15-9(16)7-3-1-2-4-8(7)10(15)17/h1-4H,5-6H2/t19-/m0/s1. The molecule has 19 heavy (non-hydrogen) atoms. The number of hydrogen-bond donors (Lipinski definition) is 0. The Balaban J connectivity index is 2.11. The number of amides is 2. The molecule has 1 aromatic rings. The molecular formula is C11H8F3NO3S. The monoisotopic (exact) mass is 291 g/mol. The zero-order valence-corrected chi connectivity index (χ0v) is 10.3. The molecule has 0 spiro atoms. The van der Waals surface area contributed by atoms with Crippen LogP contribution in [-0.4, -0.2) is 38.7 Å². The van der Waals surface area contributed by atoms with Crippen LogP contribution in [0.15, 0.2) is 24.3 Å². The van der Waals surface area contributed by atoms with Crippen molar-refractivity contribution < 1.29 is 27.0 Å². The summed E-state index contributed by atoms with van der Waals surface area (Å²) in [6, 6.07) is 5.97. The zero-order chi connectivity index (χ0) is 14.2. The molecule has 0 saturated heterocycles. The first-order valence-corrected chi connectivity index (χ1v) is 6.54. The van der Waals surface area contributed by atoms with E-state index in [0.717, 1.165) is 0 Å². The molecule has 0 aromatic heterocycles. The highest BCUT2D eigenvalue weighted by Crippen LogP contribution is 2.24. The van der Waals surface area contributed by atoms with Crippen molar-refractivity contribution in [3.8, 4) is 0 Å². The minimum Gasteiger partial charge on any atom is -0.273 e. The maximum Gasteiger partial charge on any atom is 0.471 e. The number of fused-ring (bicyclic) bond motifs is 1. The highest BCUT2D eigenvalue weighted by Gasteiger charge is 2.39. The van der Waals surface area contributed by atoms with Gasteiger partial charge in [-0.2, -0.15) is 13.2 Å². The van der Waals surface area contributed by atoms with Gasteiger partial charge < -0.3 is 0 Å². The van der Waals surface area contributed by atoms with E-state index in [0.29, 0.717) is 4.90 Å². The van der Waals surface area contributed by atoms with Crippen LogP contribution in [0, 0.1) is 0 Å². The Morgan fingerprint density at radius 3 is 1.95 bits per heavy atom. The lowest BCUT2D eigenvalue weighted by Crippen LogP contribution is -2.35. The van der Waals surface area contributed by atoms with Crippen LogP contribution >= 0.6 is 0 Å². The van der Waals surface area contributed by atoms with E-state index < -0.39 is 40.4 Å². The van der Waals surface area contributed by atoms with Gasteiger partial charge in [0.25, 0.3) is 11.8 Å². The summed E-state index contributed by atoms with van der Waals surface area (Å²) in [5.74, 6) is -2.12. The number of alkyl halides is 3. The van der Waals surface area contributed by atoms with Crippen LogP contribution in [0.1, 0.15) is 20.7 Å². The van der Waals surface area contributed by atoms with E-state index >= 15 is 0 Å². The van der Waals surface area contributed by atoms with Crippen LogP contribution in [-0.2, 0) is 10.8 Å². The minimum absolute atomic E-state index is 0.158. The third-order valence-electron chi connectivity index (χ3n) is 2.64. The van der Waals surface area contributed by atoms with Crippen LogP contribution in [0.2, 0.25) is 0 Å². The fourth-order valence-corrected chi connectivity index (χ4v) is 2.31. The highest BCUT2D eigenvalue weighted by atomic mass is 32.2. The third kappa shape index (κ3) is 2.53. The average molecular weight is 291 g/mol. The quantitative estimate of drug-likeness (QED) is 0.794. The molecule has 0 N–H and O–H groups in total. The molecule has 0 unspecified atom stereocenters. The maximum atomic E-state index is 12.1. The van der Waals surface area contributed by atoms with Crippen molar-refractivity contribution in [1.82, 2.24) is 4.90 Å². The Kier molecular flexibility index (Phi) is 3.44. The fraction of sp³-hybridized carbons (Fsp3) is 0.273. The van der Waals surface area contributed by atoms with Crippen LogP contribution < -0.4 is 0 Å². The number of nitrogens with zero attached hydrogens (tertiary/aromatic N) is 1. The fourth-order valence-electron chi connectivity index (χ4n) is 1.73. The van der Waals surface area contributed by atoms with E-state index in [1.54, 1.807) is 12.1 Å². The van der Waals surface area contributed by atoms with E-state index in [9.17, 15) is 27.0 Å². The highest BCUT2D eigenvalue weighted by molar-refractivity contribution is 7.85. The van der Waals surface area contributed by atoms with Gasteiger partial charge in [0.1, 0.15) is 10.8 Å². The summed E-state index contributed by atoms with van der Waals surface area (Å²) in [6.07, 6.45) is 0. The van der Waals surface area contributed by atoms with Crippen molar-refractivity contribution in [2.75, 3.05) is 12.3 Å². The minimum atomic E-state index is -4.83. The van der Waals surface area contributed by atoms with E-state index in [2.05, 4.69) is 0 Å². The largest absolute Gasteiger partial charge is 0.471 e. The van der Waals surface area contributed by atoms with Gasteiger partial charge in [-0.25, -0.2) is 0 Å². The molecule has 0 aliphatic carbocycles. The van der Waals surface area contributed by atoms with Gasteiger partial charge in [-0.05, 0) is 12.1 Å². The molecule has 2 amide bonds. The lowest BCUT2D eigenvalue weighted by atomic mass is 10.1. The molecule has 4 nitrogen and oxygen atoms in total. The predicted octanol–water partition coefficient (Wildman–Crippen LogP) is 1.55. The summed E-state index contributed by atoms with van der Waals surface area (Å²) < 4.78 is 47.1. The molecular weight excluding hydrogens is 283 g/mol. The van der Waals surface area contributed by atoms with Crippen LogP contribution in [0.25, 0.3) is 0 Å². The predicted molar refractivity (Wildman–Crippen MR) is 60.9 cm³/mol. The van der Waals surface area contributed by atoms with Crippen molar-refractivity contribution in [3.63, 3.8) is 0 Å². The van der Waals surface area contributed by atoms with Crippen molar-refractivity contribution >= 4 is 22.6 Å². The Hall–Kier alpha value is -1.70. The summed E-state index contributed by atoms with van der Waals surface area (Å²) in [6.45, 7) is -0.515. The van der Waals surface area contributed by atoms with Gasteiger partial charge in [-0.3, -0.25) is 18.7 Å². The lowest BCUT2D eigenvalue weighted by molar-refractivity contribution is -0.0385. The SMILES string of the molecule is O=C1c2ccccc2C(=O)N1CC[S@](=O)C(F)(F)F. The Bertz CT molecular complexity index is 536. The summed E-state index contributed by atoms with van der Waals surface area (Å²) >= 11 is 0. The van der Waals surface area contributed by atoms with E-state index in [4.69, 9.17) is 0 Å². The average Bonchev–Trinajstić information content (AvgIpc) is 2.59. The van der Waals surface area contributed by atoms with E-state index in [-0.39, 0.29) is 11.1 Å². The topological polar surface area (TPSA) is 54.5 Å². The van der Waals surface area contributed by atoms with Crippen LogP contribution in [0.5, 0.6) is 0 Å². The number of hydrogen-bond acceptors (Lipinski definition) is 3. The molecule has 0 bridgehead atoms. The number of rotatable bonds is 3. The van der Waals surface area contributed by atoms with Gasteiger partial charge in [0.15, 0.2) is 0 Å². The molecule has 1 atom stereocenters. The van der Waals surface area contributed by atoms with Gasteiger partial charge in [-0.1, -0.05) is 12.1 Å². The second kappa shape index (κ2) is 4.76. The Labute approximate surface area is 108 Å². The van der Waals surface area contributed by atoms with E-state index in [1.807, 2.05) is 0 Å². The number of carbonyl (C=O) groups is 2. The second-order valence-electron chi connectivity index (χ2n) is 3.80. The Morgan fingerprint density at radius 2 is 1.53 bits per heavy atom. The van der Waals surface area contributed by atoms with Gasteiger partial charge in [0, 0.05) is 6.54 Å². The van der Waals surface area contributed by atoms with Gasteiger partial charge in [0.05, 0.1) is 16.9 Å². The molecule has 8 heteroatoms. The lowest BCUT2D eigenvalue weighted by Gasteiger charge is -2.14. The second-order valence-corrected chi connectivity index (χ2v) is 5.37. The molecule has 1 aliphatic heterocycles. The molecule has 1 aromatic carbocycles. The van der Waals surface area contributed by atoms with Gasteiger partial charge in [-0.15, -0.1) is 0 Å². The Morgan fingerprint density at radius 1 is 1.05 bits per heavy atom. The van der Waals surface area contributed by atoms with Gasteiger partial charge >= 0.3 is 5.51 Å². The molecule has 2 rings (SSSR count). The zero-order valence-electron chi connectivity index (χ0n) is 9.44. The van der Waals surface area contributed by atoms with Crippen LogP contribution in [0.4, 0.5) is 13.2 Å². The molecule has 0 fully saturated rings. The van der Waals surface area contributed by atoms with Gasteiger partial charge in [0.2, 0.25) is 0 Å². The first-order chi connectivity index (χ1) is 8.82. The summed E-state index contributed by atoms with van der Waals surface area (Å²) in [5, 5.41) is 0. The molecule has 102 valence electrons. The normalized spacial score (nSPS) is 16.7. The number of benzene rings is 1. The summed E-state index contributed by atoms with van der Waals surface area (Å²) in [5.41, 5.74) is -4.52. The first-order valence-electron chi connectivity index (χ1n) is 5.23. The van der Waals surface area contributed by atoms with E-state index in [1.165, 1.54) is 12.1 Å². The molecule has 0 saturated carbocycles. The van der Waals surface area contributed by atoms with Crippen LogP contribution in [0.3, 0.4) is 0 Å². The molecule has 1 aliphatic rings. The summed E-state index contributed by atoms with van der Waals surface area (Å²) in [7, 11) is -3.07. The van der Waals surface area contributed by atoms with Crippen molar-refractivity contribution in [1.29, 1.82) is 0 Å². The third-order valence-corrected chi connectivity index (χ3v) is 3.71. The van der Waals surface area contributed by atoms with Crippen molar-refractivity contribution in [3.05, 3.63) is 35.4 Å². The summed E-state index contributed by atoms with van der Waals surface area (Å²) in [4.78, 5) is 24.3. The van der Waals surface area contributed by atoms with Crippen molar-refractivity contribution in [2.45, 2.75) is 5.51 Å². The molecule has 0 radical (unpaired) electrons.